The van der Waals surface area contributed by atoms with E-state index in [4.69, 9.17) is 5.11 Å². The summed E-state index contributed by atoms with van der Waals surface area (Å²) in [5.41, 5.74) is -0.559. The average Bonchev–Trinajstić information content (AvgIpc) is 2.73. The SMILES string of the molecule is COc1cc(F)c(-c2nn(C)cc2C(=O)O)cc1F. The molecule has 0 saturated carbocycles. The maximum Gasteiger partial charge on any atom is 0.339 e. The van der Waals surface area contributed by atoms with E-state index in [9.17, 15) is 13.6 Å². The second-order valence-electron chi connectivity index (χ2n) is 3.84. The first-order valence-electron chi connectivity index (χ1n) is 5.24. The average molecular weight is 268 g/mol. The van der Waals surface area contributed by atoms with Crippen molar-refractivity contribution in [2.75, 3.05) is 7.11 Å². The topological polar surface area (TPSA) is 64.4 Å². The molecule has 1 N–H and O–H groups in total. The van der Waals surface area contributed by atoms with E-state index < -0.39 is 17.6 Å². The third-order valence-electron chi connectivity index (χ3n) is 2.56. The molecule has 0 atom stereocenters. The Kier molecular flexibility index (Phi) is 3.20. The van der Waals surface area contributed by atoms with Crippen molar-refractivity contribution in [3.8, 4) is 17.0 Å². The summed E-state index contributed by atoms with van der Waals surface area (Å²) in [7, 11) is 2.70. The smallest absolute Gasteiger partial charge is 0.339 e. The molecule has 0 aliphatic rings. The summed E-state index contributed by atoms with van der Waals surface area (Å²) in [6.07, 6.45) is 1.22. The third kappa shape index (κ3) is 2.26. The lowest BCUT2D eigenvalue weighted by Gasteiger charge is -2.06. The highest BCUT2D eigenvalue weighted by Crippen LogP contribution is 2.30. The first-order valence-corrected chi connectivity index (χ1v) is 5.24. The van der Waals surface area contributed by atoms with Crippen molar-refractivity contribution in [3.05, 3.63) is 35.5 Å². The number of rotatable bonds is 3. The normalized spacial score (nSPS) is 10.5. The van der Waals surface area contributed by atoms with E-state index in [2.05, 4.69) is 9.84 Å². The van der Waals surface area contributed by atoms with E-state index in [1.165, 1.54) is 25.0 Å². The molecular formula is C12H10F2N2O3. The minimum atomic E-state index is -1.27. The molecule has 1 aromatic heterocycles. The van der Waals surface area contributed by atoms with Crippen LogP contribution in [0.25, 0.3) is 11.3 Å². The van der Waals surface area contributed by atoms with E-state index in [0.717, 1.165) is 12.1 Å². The van der Waals surface area contributed by atoms with Gasteiger partial charge in [-0.25, -0.2) is 13.6 Å². The molecule has 1 heterocycles. The van der Waals surface area contributed by atoms with Crippen LogP contribution in [0.4, 0.5) is 8.78 Å². The summed E-state index contributed by atoms with van der Waals surface area (Å²) in [6.45, 7) is 0. The van der Waals surface area contributed by atoms with Gasteiger partial charge in [0.15, 0.2) is 11.6 Å². The van der Waals surface area contributed by atoms with Crippen molar-refractivity contribution < 1.29 is 23.4 Å². The number of carbonyl (C=O) groups is 1. The Bertz CT molecular complexity index is 653. The quantitative estimate of drug-likeness (QED) is 0.925. The van der Waals surface area contributed by atoms with Gasteiger partial charge < -0.3 is 9.84 Å². The van der Waals surface area contributed by atoms with Crippen molar-refractivity contribution in [1.82, 2.24) is 9.78 Å². The van der Waals surface area contributed by atoms with Crippen LogP contribution >= 0.6 is 0 Å². The standard InChI is InChI=1S/C12H10F2N2O3/c1-16-5-7(12(17)18)11(15-16)6-3-9(14)10(19-2)4-8(6)13/h3-5H,1-2H3,(H,17,18). The summed E-state index contributed by atoms with van der Waals surface area (Å²) in [5.74, 6) is -3.12. The fourth-order valence-electron chi connectivity index (χ4n) is 1.71. The lowest BCUT2D eigenvalue weighted by Crippen LogP contribution is -1.99. The molecule has 2 rings (SSSR count). The molecule has 0 spiro atoms. The molecule has 1 aromatic carbocycles. The highest BCUT2D eigenvalue weighted by Gasteiger charge is 2.21. The maximum atomic E-state index is 13.9. The highest BCUT2D eigenvalue weighted by molar-refractivity contribution is 5.94. The zero-order valence-corrected chi connectivity index (χ0v) is 10.1. The van der Waals surface area contributed by atoms with Crippen molar-refractivity contribution in [3.63, 3.8) is 0 Å². The second-order valence-corrected chi connectivity index (χ2v) is 3.84. The molecule has 100 valence electrons. The Morgan fingerprint density at radius 3 is 2.63 bits per heavy atom. The zero-order valence-electron chi connectivity index (χ0n) is 10.1. The molecule has 0 radical (unpaired) electrons. The van der Waals surface area contributed by atoms with Gasteiger partial charge in [0.05, 0.1) is 7.11 Å². The Labute approximate surface area is 107 Å². The van der Waals surface area contributed by atoms with Gasteiger partial charge in [0.2, 0.25) is 0 Å². The fourth-order valence-corrected chi connectivity index (χ4v) is 1.71. The van der Waals surface area contributed by atoms with Gasteiger partial charge in [0.1, 0.15) is 17.1 Å². The number of carboxylic acids is 1. The molecule has 2 aromatic rings. The molecule has 0 aliphatic carbocycles. The van der Waals surface area contributed by atoms with Gasteiger partial charge in [0, 0.05) is 24.9 Å². The molecule has 0 bridgehead atoms. The molecule has 19 heavy (non-hydrogen) atoms. The van der Waals surface area contributed by atoms with Crippen LogP contribution in [0.5, 0.6) is 5.75 Å². The number of aromatic carboxylic acids is 1. The maximum absolute atomic E-state index is 13.9. The van der Waals surface area contributed by atoms with Gasteiger partial charge in [0.25, 0.3) is 0 Å². The third-order valence-corrected chi connectivity index (χ3v) is 2.56. The molecular weight excluding hydrogens is 258 g/mol. The molecule has 0 saturated heterocycles. The van der Waals surface area contributed by atoms with Crippen LogP contribution in [0.15, 0.2) is 18.3 Å². The molecule has 0 amide bonds. The summed E-state index contributed by atoms with van der Waals surface area (Å²) < 4.78 is 33.3. The number of hydrogen-bond donors (Lipinski definition) is 1. The van der Waals surface area contributed by atoms with Crippen LogP contribution in [-0.4, -0.2) is 28.0 Å². The van der Waals surface area contributed by atoms with Crippen LogP contribution in [0.1, 0.15) is 10.4 Å². The Morgan fingerprint density at radius 1 is 1.37 bits per heavy atom. The molecule has 7 heteroatoms. The van der Waals surface area contributed by atoms with Crippen molar-refractivity contribution in [1.29, 1.82) is 0 Å². The summed E-state index contributed by atoms with van der Waals surface area (Å²) in [6, 6.07) is 1.72. The van der Waals surface area contributed by atoms with Crippen LogP contribution < -0.4 is 4.74 Å². The van der Waals surface area contributed by atoms with Gasteiger partial charge in [-0.15, -0.1) is 0 Å². The molecule has 0 unspecified atom stereocenters. The van der Waals surface area contributed by atoms with Crippen LogP contribution in [-0.2, 0) is 7.05 Å². The summed E-state index contributed by atoms with van der Waals surface area (Å²) in [4.78, 5) is 11.0. The largest absolute Gasteiger partial charge is 0.494 e. The monoisotopic (exact) mass is 268 g/mol. The number of methoxy groups -OCH3 is 1. The summed E-state index contributed by atoms with van der Waals surface area (Å²) in [5, 5.41) is 12.9. The fraction of sp³-hybridized carbons (Fsp3) is 0.167. The van der Waals surface area contributed by atoms with E-state index in [1.807, 2.05) is 0 Å². The Morgan fingerprint density at radius 2 is 2.05 bits per heavy atom. The number of benzene rings is 1. The lowest BCUT2D eigenvalue weighted by atomic mass is 10.1. The van der Waals surface area contributed by atoms with Crippen LogP contribution in [0.3, 0.4) is 0 Å². The van der Waals surface area contributed by atoms with E-state index in [-0.39, 0.29) is 22.6 Å². The number of aromatic nitrogens is 2. The molecule has 0 fully saturated rings. The van der Waals surface area contributed by atoms with Gasteiger partial charge in [-0.2, -0.15) is 5.10 Å². The zero-order chi connectivity index (χ0) is 14.2. The summed E-state index contributed by atoms with van der Waals surface area (Å²) >= 11 is 0. The number of aryl methyl sites for hydroxylation is 1. The van der Waals surface area contributed by atoms with Crippen molar-refractivity contribution in [2.45, 2.75) is 0 Å². The van der Waals surface area contributed by atoms with Crippen molar-refractivity contribution >= 4 is 5.97 Å². The van der Waals surface area contributed by atoms with Gasteiger partial charge in [-0.3, -0.25) is 4.68 Å². The number of ether oxygens (including phenoxy) is 1. The van der Waals surface area contributed by atoms with Crippen molar-refractivity contribution in [2.24, 2.45) is 7.05 Å². The van der Waals surface area contributed by atoms with E-state index in [1.54, 1.807) is 0 Å². The van der Waals surface area contributed by atoms with Crippen LogP contribution in [0.2, 0.25) is 0 Å². The first kappa shape index (κ1) is 13.0. The molecule has 5 nitrogen and oxygen atoms in total. The predicted molar refractivity (Wildman–Crippen MR) is 62.1 cm³/mol. The van der Waals surface area contributed by atoms with Crippen LogP contribution in [0, 0.1) is 11.6 Å². The number of carboxylic acid groups (broad SMARTS) is 1. The highest BCUT2D eigenvalue weighted by atomic mass is 19.1. The Balaban J connectivity index is 2.65. The van der Waals surface area contributed by atoms with E-state index in [0.29, 0.717) is 0 Å². The van der Waals surface area contributed by atoms with Gasteiger partial charge in [-0.05, 0) is 6.07 Å². The number of nitrogens with zero attached hydrogens (tertiary/aromatic N) is 2. The minimum Gasteiger partial charge on any atom is -0.494 e. The van der Waals surface area contributed by atoms with E-state index >= 15 is 0 Å². The minimum absolute atomic E-state index is 0.131. The van der Waals surface area contributed by atoms with Gasteiger partial charge in [-0.1, -0.05) is 0 Å². The predicted octanol–water partition coefficient (Wildman–Crippen LogP) is 2.07. The van der Waals surface area contributed by atoms with Gasteiger partial charge >= 0.3 is 5.97 Å². The first-order chi connectivity index (χ1) is 8.93. The lowest BCUT2D eigenvalue weighted by molar-refractivity contribution is 0.0697. The Hall–Kier alpha value is -2.44. The molecule has 0 aliphatic heterocycles. The number of hydrogen-bond acceptors (Lipinski definition) is 3. The second kappa shape index (κ2) is 4.68. The number of halogens is 2.